The zero-order valence-electron chi connectivity index (χ0n) is 13.6. The second-order valence-corrected chi connectivity index (χ2v) is 6.05. The molecular formula is C20H18ClNO2. The first-order valence-corrected chi connectivity index (χ1v) is 8.21. The molecule has 0 aliphatic rings. The van der Waals surface area contributed by atoms with E-state index >= 15 is 0 Å². The lowest BCUT2D eigenvalue weighted by Gasteiger charge is -2.11. The fourth-order valence-electron chi connectivity index (χ4n) is 2.64. The molecule has 0 aliphatic heterocycles. The number of benzene rings is 2. The molecule has 0 saturated heterocycles. The van der Waals surface area contributed by atoms with Crippen LogP contribution in [0, 0.1) is 6.92 Å². The number of anilines is 1. The Labute approximate surface area is 145 Å². The van der Waals surface area contributed by atoms with Gasteiger partial charge in [-0.1, -0.05) is 36.7 Å². The highest BCUT2D eigenvalue weighted by atomic mass is 35.5. The summed E-state index contributed by atoms with van der Waals surface area (Å²) < 4.78 is 5.67. The van der Waals surface area contributed by atoms with Crippen molar-refractivity contribution in [3.63, 3.8) is 0 Å². The van der Waals surface area contributed by atoms with Gasteiger partial charge in [0.25, 0.3) is 0 Å². The second-order valence-electron chi connectivity index (χ2n) is 5.62. The summed E-state index contributed by atoms with van der Waals surface area (Å²) in [6.45, 7) is 4.06. The smallest absolute Gasteiger partial charge is 0.248 e. The number of nitrogens with one attached hydrogen (secondary N) is 1. The normalized spacial score (nSPS) is 11.3. The molecule has 0 radical (unpaired) electrons. The molecular weight excluding hydrogens is 322 g/mol. The highest BCUT2D eigenvalue weighted by molar-refractivity contribution is 6.31. The molecule has 1 amide bonds. The molecule has 4 heteroatoms. The summed E-state index contributed by atoms with van der Waals surface area (Å²) in [5, 5.41) is 4.52. The molecule has 0 aliphatic carbocycles. The Hall–Kier alpha value is -2.52. The Kier molecular flexibility index (Phi) is 4.72. The van der Waals surface area contributed by atoms with E-state index in [1.54, 1.807) is 12.1 Å². The Morgan fingerprint density at radius 2 is 2.08 bits per heavy atom. The van der Waals surface area contributed by atoms with E-state index in [0.717, 1.165) is 34.2 Å². The molecule has 1 aromatic heterocycles. The summed E-state index contributed by atoms with van der Waals surface area (Å²) in [4.78, 5) is 12.2. The van der Waals surface area contributed by atoms with Crippen molar-refractivity contribution in [3.8, 4) is 0 Å². The summed E-state index contributed by atoms with van der Waals surface area (Å²) in [7, 11) is 0. The Morgan fingerprint density at radius 1 is 1.25 bits per heavy atom. The number of halogens is 1. The van der Waals surface area contributed by atoms with Crippen LogP contribution in [-0.4, -0.2) is 5.91 Å². The van der Waals surface area contributed by atoms with Gasteiger partial charge in [0.15, 0.2) is 0 Å². The molecule has 2 aromatic carbocycles. The lowest BCUT2D eigenvalue weighted by atomic mass is 10.1. The monoisotopic (exact) mass is 339 g/mol. The van der Waals surface area contributed by atoms with E-state index in [4.69, 9.17) is 16.0 Å². The molecule has 3 rings (SSSR count). The maximum Gasteiger partial charge on any atom is 0.248 e. The fourth-order valence-corrected chi connectivity index (χ4v) is 2.82. The summed E-state index contributed by atoms with van der Waals surface area (Å²) >= 11 is 5.97. The van der Waals surface area contributed by atoms with Crippen LogP contribution >= 0.6 is 11.6 Å². The van der Waals surface area contributed by atoms with Gasteiger partial charge in [0.2, 0.25) is 5.91 Å². The van der Waals surface area contributed by atoms with Gasteiger partial charge in [-0.2, -0.15) is 0 Å². The molecule has 3 nitrogen and oxygen atoms in total. The van der Waals surface area contributed by atoms with Gasteiger partial charge < -0.3 is 9.73 Å². The van der Waals surface area contributed by atoms with E-state index in [9.17, 15) is 4.79 Å². The summed E-state index contributed by atoms with van der Waals surface area (Å²) in [6.07, 6.45) is 4.00. The second kappa shape index (κ2) is 6.93. The number of carbonyl (C=O) groups excluding carboxylic acids is 1. The average molecular weight is 340 g/mol. The minimum Gasteiger partial charge on any atom is -0.457 e. The third kappa shape index (κ3) is 3.52. The number of carbonyl (C=O) groups is 1. The molecule has 122 valence electrons. The van der Waals surface area contributed by atoms with Crippen LogP contribution in [0.1, 0.15) is 23.8 Å². The van der Waals surface area contributed by atoms with E-state index < -0.39 is 0 Å². The number of hydrogen-bond acceptors (Lipinski definition) is 2. The minimum absolute atomic E-state index is 0.183. The molecule has 0 bridgehead atoms. The molecule has 1 N–H and O–H groups in total. The summed E-state index contributed by atoms with van der Waals surface area (Å²) in [5.41, 5.74) is 3.79. The van der Waals surface area contributed by atoms with Crippen molar-refractivity contribution < 1.29 is 9.21 Å². The van der Waals surface area contributed by atoms with Gasteiger partial charge >= 0.3 is 0 Å². The maximum atomic E-state index is 12.2. The van der Waals surface area contributed by atoms with Gasteiger partial charge in [-0.05, 0) is 54.8 Å². The minimum atomic E-state index is -0.183. The van der Waals surface area contributed by atoms with Crippen molar-refractivity contribution in [1.82, 2.24) is 0 Å². The van der Waals surface area contributed by atoms with E-state index in [2.05, 4.69) is 12.2 Å². The van der Waals surface area contributed by atoms with Crippen LogP contribution in [0.2, 0.25) is 5.02 Å². The highest BCUT2D eigenvalue weighted by Crippen LogP contribution is 2.24. The third-order valence-electron chi connectivity index (χ3n) is 3.88. The van der Waals surface area contributed by atoms with Crippen molar-refractivity contribution >= 4 is 40.2 Å². The lowest BCUT2D eigenvalue weighted by molar-refractivity contribution is -0.111. The van der Waals surface area contributed by atoms with Gasteiger partial charge in [0, 0.05) is 22.2 Å². The van der Waals surface area contributed by atoms with Crippen molar-refractivity contribution in [2.24, 2.45) is 0 Å². The van der Waals surface area contributed by atoms with Gasteiger partial charge in [-0.25, -0.2) is 0 Å². The maximum absolute atomic E-state index is 12.2. The van der Waals surface area contributed by atoms with Crippen LogP contribution in [-0.2, 0) is 11.2 Å². The van der Waals surface area contributed by atoms with Crippen molar-refractivity contribution in [2.75, 3.05) is 5.32 Å². The Morgan fingerprint density at radius 3 is 2.88 bits per heavy atom. The van der Waals surface area contributed by atoms with Gasteiger partial charge in [-0.15, -0.1) is 0 Å². The van der Waals surface area contributed by atoms with Gasteiger partial charge in [0.1, 0.15) is 11.3 Å². The molecule has 0 spiro atoms. The van der Waals surface area contributed by atoms with E-state index in [0.29, 0.717) is 10.8 Å². The lowest BCUT2D eigenvalue weighted by Crippen LogP contribution is -2.10. The number of hydrogen-bond donors (Lipinski definition) is 1. The first kappa shape index (κ1) is 16.3. The van der Waals surface area contributed by atoms with Crippen molar-refractivity contribution in [2.45, 2.75) is 20.3 Å². The van der Waals surface area contributed by atoms with Crippen LogP contribution in [0.5, 0.6) is 0 Å². The SMILES string of the molecule is CCc1cccc(C)c1NC(=O)C=Cc1cc2cc(Cl)ccc2o1. The highest BCUT2D eigenvalue weighted by Gasteiger charge is 2.07. The predicted molar refractivity (Wildman–Crippen MR) is 99.4 cm³/mol. The Balaban J connectivity index is 1.77. The predicted octanol–water partition coefficient (Wildman–Crippen LogP) is 5.61. The molecule has 0 unspecified atom stereocenters. The van der Waals surface area contributed by atoms with Crippen molar-refractivity contribution in [1.29, 1.82) is 0 Å². The summed E-state index contributed by atoms with van der Waals surface area (Å²) in [6, 6.07) is 13.3. The molecule has 0 fully saturated rings. The van der Waals surface area contributed by atoms with Crippen LogP contribution in [0.3, 0.4) is 0 Å². The van der Waals surface area contributed by atoms with Crippen LogP contribution in [0.25, 0.3) is 17.0 Å². The number of rotatable bonds is 4. The molecule has 24 heavy (non-hydrogen) atoms. The average Bonchev–Trinajstić information content (AvgIpc) is 2.96. The van der Waals surface area contributed by atoms with Crippen LogP contribution in [0.4, 0.5) is 5.69 Å². The number of para-hydroxylation sites is 1. The molecule has 0 saturated carbocycles. The number of fused-ring (bicyclic) bond motifs is 1. The summed E-state index contributed by atoms with van der Waals surface area (Å²) in [5.74, 6) is 0.431. The molecule has 0 atom stereocenters. The fraction of sp³-hybridized carbons (Fsp3) is 0.150. The zero-order valence-corrected chi connectivity index (χ0v) is 14.4. The standard InChI is InChI=1S/C20H18ClNO2/c1-3-14-6-4-5-13(2)20(14)22-19(23)10-8-17-12-15-11-16(21)7-9-18(15)24-17/h4-12H,3H2,1-2H3,(H,22,23). The molecule has 3 aromatic rings. The van der Waals surface area contributed by atoms with Gasteiger partial charge in [-0.3, -0.25) is 4.79 Å². The first-order chi connectivity index (χ1) is 11.6. The van der Waals surface area contributed by atoms with Gasteiger partial charge in [0.05, 0.1) is 0 Å². The quantitative estimate of drug-likeness (QED) is 0.628. The number of furan rings is 1. The molecule has 1 heterocycles. The number of aryl methyl sites for hydroxylation is 2. The van der Waals surface area contributed by atoms with E-state index in [1.807, 2.05) is 43.3 Å². The van der Waals surface area contributed by atoms with Crippen LogP contribution in [0.15, 0.2) is 53.0 Å². The topological polar surface area (TPSA) is 42.2 Å². The van der Waals surface area contributed by atoms with E-state index in [-0.39, 0.29) is 5.91 Å². The first-order valence-electron chi connectivity index (χ1n) is 7.83. The van der Waals surface area contributed by atoms with Crippen molar-refractivity contribution in [3.05, 3.63) is 70.5 Å². The van der Waals surface area contributed by atoms with Crippen LogP contribution < -0.4 is 5.32 Å². The largest absolute Gasteiger partial charge is 0.457 e. The third-order valence-corrected chi connectivity index (χ3v) is 4.12. The van der Waals surface area contributed by atoms with E-state index in [1.165, 1.54) is 6.08 Å². The number of amides is 1. The Bertz CT molecular complexity index is 925. The zero-order chi connectivity index (χ0) is 17.1.